The molecular weight excluding hydrogens is 484 g/mol. The van der Waals surface area contributed by atoms with E-state index < -0.39 is 23.5 Å². The lowest BCUT2D eigenvalue weighted by molar-refractivity contribution is -0.858. The molecule has 0 aliphatic carbocycles. The van der Waals surface area contributed by atoms with E-state index in [0.717, 1.165) is 24.3 Å². The van der Waals surface area contributed by atoms with E-state index in [0.29, 0.717) is 55.2 Å². The number of hydrogen-bond donors (Lipinski definition) is 1. The Morgan fingerprint density at radius 3 is 2.61 bits per heavy atom. The predicted octanol–water partition coefficient (Wildman–Crippen LogP) is 1.96. The highest BCUT2D eigenvalue weighted by molar-refractivity contribution is 6.46. The number of Topliss-reactive ketones (excluding diaryl/α,β-unsaturated/α-hetero) is 1. The second-order valence-corrected chi connectivity index (χ2v) is 10.2. The number of nitrogens with one attached hydrogen (secondary N) is 1. The lowest BCUT2D eigenvalue weighted by Crippen LogP contribution is -3.05. The van der Waals surface area contributed by atoms with Gasteiger partial charge in [0.1, 0.15) is 11.9 Å². The van der Waals surface area contributed by atoms with Crippen LogP contribution in [0.2, 0.25) is 0 Å². The van der Waals surface area contributed by atoms with Crippen LogP contribution >= 0.6 is 0 Å². The summed E-state index contributed by atoms with van der Waals surface area (Å²) >= 11 is 0. The van der Waals surface area contributed by atoms with Crippen molar-refractivity contribution in [2.75, 3.05) is 40.4 Å². The minimum Gasteiger partial charge on any atom is -0.872 e. The monoisotopic (exact) mass is 522 g/mol. The number of ketones is 1. The molecule has 1 saturated heterocycles. The normalized spacial score (nSPS) is 20.1. The summed E-state index contributed by atoms with van der Waals surface area (Å²) in [7, 11) is 4.08. The molecule has 38 heavy (non-hydrogen) atoms. The zero-order valence-electron chi connectivity index (χ0n) is 23.0. The highest BCUT2D eigenvalue weighted by Gasteiger charge is 2.44. The van der Waals surface area contributed by atoms with Crippen LogP contribution in [0.1, 0.15) is 56.3 Å². The fraction of sp³-hybridized carbons (Fsp3) is 0.467. The Labute approximate surface area is 224 Å². The molecule has 0 radical (unpaired) electrons. The van der Waals surface area contributed by atoms with Gasteiger partial charge in [0.15, 0.2) is 11.5 Å². The second kappa shape index (κ2) is 11.9. The maximum absolute atomic E-state index is 13.9. The van der Waals surface area contributed by atoms with Crippen molar-refractivity contribution in [1.29, 1.82) is 0 Å². The van der Waals surface area contributed by atoms with E-state index in [1.165, 1.54) is 9.80 Å². The maximum Gasteiger partial charge on any atom is 0.295 e. The van der Waals surface area contributed by atoms with Crippen LogP contribution in [0.4, 0.5) is 0 Å². The Morgan fingerprint density at radius 2 is 1.89 bits per heavy atom. The van der Waals surface area contributed by atoms with Crippen molar-refractivity contribution >= 4 is 17.4 Å². The van der Waals surface area contributed by atoms with Gasteiger partial charge in [0, 0.05) is 25.0 Å². The lowest BCUT2D eigenvalue weighted by Gasteiger charge is -2.28. The fourth-order valence-electron chi connectivity index (χ4n) is 5.06. The molecule has 2 atom stereocenters. The van der Waals surface area contributed by atoms with Crippen molar-refractivity contribution in [3.63, 3.8) is 0 Å². The number of fused-ring (bicyclic) bond motifs is 1. The summed E-state index contributed by atoms with van der Waals surface area (Å²) in [5, 5.41) is 13.9. The highest BCUT2D eigenvalue weighted by Crippen LogP contribution is 2.42. The largest absolute Gasteiger partial charge is 0.872 e. The molecule has 2 aliphatic rings. The molecule has 8 nitrogen and oxygen atoms in total. The molecule has 1 N–H and O–H groups in total. The first kappa shape index (κ1) is 27.5. The van der Waals surface area contributed by atoms with Gasteiger partial charge in [0.2, 0.25) is 5.78 Å². The summed E-state index contributed by atoms with van der Waals surface area (Å²) in [4.78, 5) is 29.4. The van der Waals surface area contributed by atoms with Gasteiger partial charge in [0.25, 0.3) is 5.91 Å². The minimum absolute atomic E-state index is 0.0243. The van der Waals surface area contributed by atoms with Gasteiger partial charge in [-0.15, -0.1) is 0 Å². The molecule has 0 saturated carbocycles. The molecule has 0 aromatic heterocycles. The topological polar surface area (TPSA) is 92.6 Å². The van der Waals surface area contributed by atoms with Crippen LogP contribution in [0.5, 0.6) is 17.2 Å². The number of carbonyl (C=O) groups is 2. The number of amides is 1. The van der Waals surface area contributed by atoms with Crippen molar-refractivity contribution in [2.24, 2.45) is 0 Å². The molecule has 1 fully saturated rings. The van der Waals surface area contributed by atoms with Gasteiger partial charge in [0.05, 0.1) is 39.9 Å². The molecule has 204 valence electrons. The third-order valence-electron chi connectivity index (χ3n) is 6.81. The molecule has 1 amide bonds. The predicted molar refractivity (Wildman–Crippen MR) is 142 cm³/mol. The van der Waals surface area contributed by atoms with Crippen molar-refractivity contribution in [2.45, 2.75) is 52.2 Å². The summed E-state index contributed by atoms with van der Waals surface area (Å²) in [6.07, 6.45) is 2.27. The Bertz CT molecular complexity index is 1220. The Kier molecular flexibility index (Phi) is 8.62. The van der Waals surface area contributed by atoms with Crippen LogP contribution in [0, 0.1) is 0 Å². The van der Waals surface area contributed by atoms with Crippen molar-refractivity contribution < 1.29 is 33.8 Å². The van der Waals surface area contributed by atoms with Crippen LogP contribution in [-0.4, -0.2) is 63.1 Å². The van der Waals surface area contributed by atoms with Gasteiger partial charge in [-0.25, -0.2) is 0 Å². The molecule has 0 bridgehead atoms. The third-order valence-corrected chi connectivity index (χ3v) is 6.81. The van der Waals surface area contributed by atoms with Crippen LogP contribution in [0.3, 0.4) is 0 Å². The molecule has 4 rings (SSSR count). The van der Waals surface area contributed by atoms with Crippen LogP contribution in [-0.2, 0) is 16.0 Å². The molecule has 0 spiro atoms. The van der Waals surface area contributed by atoms with Crippen LogP contribution in [0.15, 0.2) is 42.0 Å². The number of nitrogens with zero attached hydrogens (tertiary/aromatic N) is 1. The van der Waals surface area contributed by atoms with E-state index in [2.05, 4.69) is 0 Å². The van der Waals surface area contributed by atoms with Crippen LogP contribution < -0.4 is 24.2 Å². The summed E-state index contributed by atoms with van der Waals surface area (Å²) in [5.41, 5.74) is 1.94. The number of ether oxygens (including phenoxy) is 3. The fourth-order valence-corrected chi connectivity index (χ4v) is 5.06. The number of rotatable bonds is 11. The molecule has 8 heteroatoms. The second-order valence-electron chi connectivity index (χ2n) is 10.2. The standard InChI is InChI=1S/C30H38N2O6/c1-6-15-37-24-12-9-20(18-25(24)36-7-2)27-26(29(34)30(35)32(27)14-8-13-31(4)5)28(33)21-10-11-23-22(17-21)16-19(3)38-23/h9-12,17-19,27,33H,6-8,13-16H2,1-5H3/b28-26+. The number of quaternary nitrogens is 1. The van der Waals surface area contributed by atoms with E-state index >= 15 is 0 Å². The number of likely N-dealkylation sites (tertiary alicyclic amines) is 1. The number of hydrogen-bond acceptors (Lipinski definition) is 6. The van der Waals surface area contributed by atoms with Crippen molar-refractivity contribution in [1.82, 2.24) is 4.90 Å². The van der Waals surface area contributed by atoms with Crippen molar-refractivity contribution in [3.8, 4) is 17.2 Å². The number of carbonyl (C=O) groups excluding carboxylic acids is 2. The Balaban J connectivity index is 1.80. The van der Waals surface area contributed by atoms with Gasteiger partial charge in [-0.05, 0) is 61.2 Å². The zero-order valence-corrected chi connectivity index (χ0v) is 23.0. The summed E-state index contributed by atoms with van der Waals surface area (Å²) in [5.74, 6) is 0.0536. The zero-order chi connectivity index (χ0) is 27.4. The molecule has 2 aromatic rings. The number of benzene rings is 2. The van der Waals surface area contributed by atoms with Gasteiger partial charge < -0.3 is 29.1 Å². The average Bonchev–Trinajstić information content (AvgIpc) is 3.38. The smallest absolute Gasteiger partial charge is 0.295 e. The molecule has 2 aromatic carbocycles. The summed E-state index contributed by atoms with van der Waals surface area (Å²) in [6, 6.07) is 9.83. The minimum atomic E-state index is -0.803. The molecule has 2 unspecified atom stereocenters. The molecule has 2 heterocycles. The first-order valence-corrected chi connectivity index (χ1v) is 13.5. The first-order chi connectivity index (χ1) is 18.2. The molecular formula is C30H38N2O6. The summed E-state index contributed by atoms with van der Waals surface area (Å²) < 4.78 is 17.5. The van der Waals surface area contributed by atoms with Gasteiger partial charge in [-0.1, -0.05) is 24.8 Å². The Hall–Kier alpha value is -3.52. The SMILES string of the molecule is CCCOc1ccc(C2/C(=C(\[O-])c3ccc4c(c3)CC(C)O4)C(=O)C(=O)N2CCC[NH+](C)C)cc1OCC. The van der Waals surface area contributed by atoms with E-state index in [-0.39, 0.29) is 11.7 Å². The lowest BCUT2D eigenvalue weighted by atomic mass is 9.94. The van der Waals surface area contributed by atoms with E-state index in [9.17, 15) is 14.7 Å². The van der Waals surface area contributed by atoms with Gasteiger partial charge in [-0.2, -0.15) is 0 Å². The summed E-state index contributed by atoms with van der Waals surface area (Å²) in [6.45, 7) is 8.04. The van der Waals surface area contributed by atoms with E-state index in [4.69, 9.17) is 14.2 Å². The average molecular weight is 523 g/mol. The highest BCUT2D eigenvalue weighted by atomic mass is 16.5. The van der Waals surface area contributed by atoms with Crippen molar-refractivity contribution in [3.05, 3.63) is 58.7 Å². The maximum atomic E-state index is 13.9. The third kappa shape index (κ3) is 5.65. The first-order valence-electron chi connectivity index (χ1n) is 13.5. The quantitative estimate of drug-likeness (QED) is 0.276. The Morgan fingerprint density at radius 1 is 1.11 bits per heavy atom. The van der Waals surface area contributed by atoms with Gasteiger partial charge >= 0.3 is 0 Å². The van der Waals surface area contributed by atoms with E-state index in [1.54, 1.807) is 30.3 Å². The molecule has 2 aliphatic heterocycles. The van der Waals surface area contributed by atoms with Crippen LogP contribution in [0.25, 0.3) is 5.76 Å². The van der Waals surface area contributed by atoms with Gasteiger partial charge in [-0.3, -0.25) is 9.59 Å². The van der Waals surface area contributed by atoms with E-state index in [1.807, 2.05) is 40.9 Å².